The minimum absolute atomic E-state index is 0.261. The van der Waals surface area contributed by atoms with Crippen molar-refractivity contribution in [1.82, 2.24) is 0 Å². The van der Waals surface area contributed by atoms with Crippen molar-refractivity contribution < 1.29 is 9.90 Å². The summed E-state index contributed by atoms with van der Waals surface area (Å²) in [6, 6.07) is 5.59. The van der Waals surface area contributed by atoms with Crippen LogP contribution in [0.4, 0.5) is 5.69 Å². The second-order valence-corrected chi connectivity index (χ2v) is 4.28. The van der Waals surface area contributed by atoms with Gasteiger partial charge in [-0.25, -0.2) is 4.79 Å². The molecule has 1 aromatic rings. The first-order valence-corrected chi connectivity index (χ1v) is 5.64. The molecule has 0 spiro atoms. The smallest absolute Gasteiger partial charge is 0.338 e. The first-order chi connectivity index (χ1) is 7.06. The molecule has 1 rings (SSSR count). The van der Waals surface area contributed by atoms with Gasteiger partial charge in [-0.05, 0) is 41.4 Å². The summed E-state index contributed by atoms with van der Waals surface area (Å²) in [5, 5.41) is 12.2. The molecule has 0 amide bonds. The van der Waals surface area contributed by atoms with Crippen LogP contribution in [0.3, 0.4) is 0 Å². The summed E-state index contributed by atoms with van der Waals surface area (Å²) < 4.78 is 0.600. The lowest BCUT2D eigenvalue weighted by Gasteiger charge is -2.15. The third-order valence-electron chi connectivity index (χ3n) is 2.24. The van der Waals surface area contributed by atoms with E-state index in [-0.39, 0.29) is 11.6 Å². The number of nitrogens with one attached hydrogen (secondary N) is 1. The first-order valence-electron chi connectivity index (χ1n) is 4.84. The summed E-state index contributed by atoms with van der Waals surface area (Å²) in [5.41, 5.74) is 0.948. The molecule has 0 fully saturated rings. The van der Waals surface area contributed by atoms with Crippen LogP contribution in [-0.2, 0) is 0 Å². The number of benzene rings is 1. The van der Waals surface area contributed by atoms with Crippen LogP contribution < -0.4 is 5.32 Å². The Morgan fingerprint density at radius 1 is 1.60 bits per heavy atom. The molecule has 15 heavy (non-hydrogen) atoms. The number of carboxylic acids is 1. The minimum Gasteiger partial charge on any atom is -0.478 e. The molecule has 0 saturated heterocycles. The number of halogens is 1. The van der Waals surface area contributed by atoms with E-state index in [4.69, 9.17) is 5.11 Å². The molecular formula is C11H14BrNO2. The summed E-state index contributed by atoms with van der Waals surface area (Å²) >= 11 is 3.24. The summed E-state index contributed by atoms with van der Waals surface area (Å²) in [4.78, 5) is 11.0. The average Bonchev–Trinajstić information content (AvgIpc) is 2.17. The first kappa shape index (κ1) is 12.0. The van der Waals surface area contributed by atoms with Gasteiger partial charge >= 0.3 is 5.97 Å². The van der Waals surface area contributed by atoms with E-state index >= 15 is 0 Å². The SMILES string of the molecule is CCC(C)Nc1cccc(Br)c1C(=O)O. The van der Waals surface area contributed by atoms with Crippen molar-refractivity contribution in [3.8, 4) is 0 Å². The van der Waals surface area contributed by atoms with Crippen LogP contribution in [-0.4, -0.2) is 17.1 Å². The van der Waals surface area contributed by atoms with Crippen LogP contribution in [0.15, 0.2) is 22.7 Å². The van der Waals surface area contributed by atoms with Crippen molar-refractivity contribution in [3.05, 3.63) is 28.2 Å². The Bertz CT molecular complexity index is 366. The van der Waals surface area contributed by atoms with Gasteiger partial charge in [0.05, 0.1) is 11.3 Å². The maximum Gasteiger partial charge on any atom is 0.338 e. The zero-order valence-corrected chi connectivity index (χ0v) is 10.3. The highest BCUT2D eigenvalue weighted by Crippen LogP contribution is 2.25. The fourth-order valence-corrected chi connectivity index (χ4v) is 1.77. The van der Waals surface area contributed by atoms with Gasteiger partial charge in [0.1, 0.15) is 0 Å². The fourth-order valence-electron chi connectivity index (χ4n) is 1.23. The third-order valence-corrected chi connectivity index (χ3v) is 2.90. The topological polar surface area (TPSA) is 49.3 Å². The Kier molecular flexibility index (Phi) is 4.15. The molecule has 2 N–H and O–H groups in total. The molecule has 4 heteroatoms. The molecule has 0 radical (unpaired) electrons. The Labute approximate surface area is 97.6 Å². The fraction of sp³-hybridized carbons (Fsp3) is 0.364. The van der Waals surface area contributed by atoms with E-state index < -0.39 is 5.97 Å². The molecule has 1 aromatic carbocycles. The van der Waals surface area contributed by atoms with E-state index in [2.05, 4.69) is 28.2 Å². The molecule has 1 unspecified atom stereocenters. The Balaban J connectivity index is 3.06. The predicted octanol–water partition coefficient (Wildman–Crippen LogP) is 3.36. The third kappa shape index (κ3) is 2.96. The van der Waals surface area contributed by atoms with Crippen LogP contribution in [0, 0.1) is 0 Å². The molecule has 0 bridgehead atoms. The average molecular weight is 272 g/mol. The maximum absolute atomic E-state index is 11.0. The largest absolute Gasteiger partial charge is 0.478 e. The summed E-state index contributed by atoms with van der Waals surface area (Å²) in [6.45, 7) is 4.07. The highest BCUT2D eigenvalue weighted by molar-refractivity contribution is 9.10. The highest BCUT2D eigenvalue weighted by atomic mass is 79.9. The minimum atomic E-state index is -0.923. The van der Waals surface area contributed by atoms with Gasteiger partial charge in [0.2, 0.25) is 0 Å². The number of hydrogen-bond donors (Lipinski definition) is 2. The lowest BCUT2D eigenvalue weighted by atomic mass is 10.1. The zero-order chi connectivity index (χ0) is 11.4. The van der Waals surface area contributed by atoms with E-state index in [9.17, 15) is 4.79 Å². The van der Waals surface area contributed by atoms with Gasteiger partial charge in [0.25, 0.3) is 0 Å². The number of carboxylic acid groups (broad SMARTS) is 1. The summed E-state index contributed by atoms with van der Waals surface area (Å²) in [7, 11) is 0. The van der Waals surface area contributed by atoms with Gasteiger partial charge in [-0.1, -0.05) is 13.0 Å². The summed E-state index contributed by atoms with van der Waals surface area (Å²) in [6.07, 6.45) is 0.950. The molecule has 3 nitrogen and oxygen atoms in total. The van der Waals surface area contributed by atoms with Crippen molar-refractivity contribution in [3.63, 3.8) is 0 Å². The van der Waals surface area contributed by atoms with Crippen molar-refractivity contribution >= 4 is 27.6 Å². The molecule has 1 atom stereocenters. The van der Waals surface area contributed by atoms with E-state index in [1.165, 1.54) is 0 Å². The molecular weight excluding hydrogens is 258 g/mol. The number of aromatic carboxylic acids is 1. The number of carbonyl (C=O) groups is 1. The van der Waals surface area contributed by atoms with Crippen LogP contribution >= 0.6 is 15.9 Å². The van der Waals surface area contributed by atoms with Gasteiger partial charge in [-0.2, -0.15) is 0 Å². The van der Waals surface area contributed by atoms with Gasteiger partial charge in [-0.3, -0.25) is 0 Å². The molecule has 0 aromatic heterocycles. The molecule has 0 aliphatic rings. The van der Waals surface area contributed by atoms with Crippen LogP contribution in [0.2, 0.25) is 0 Å². The van der Waals surface area contributed by atoms with Crippen molar-refractivity contribution in [2.45, 2.75) is 26.3 Å². The standard InChI is InChI=1S/C11H14BrNO2/c1-3-7(2)13-9-6-4-5-8(12)10(9)11(14)15/h4-7,13H,3H2,1-2H3,(H,14,15). The Hall–Kier alpha value is -1.03. The van der Waals surface area contributed by atoms with E-state index in [1.54, 1.807) is 12.1 Å². The van der Waals surface area contributed by atoms with E-state index in [0.29, 0.717) is 10.2 Å². The van der Waals surface area contributed by atoms with Crippen molar-refractivity contribution in [2.75, 3.05) is 5.32 Å². The predicted molar refractivity (Wildman–Crippen MR) is 64.5 cm³/mol. The van der Waals surface area contributed by atoms with Gasteiger partial charge in [0, 0.05) is 10.5 Å². The zero-order valence-electron chi connectivity index (χ0n) is 8.75. The van der Waals surface area contributed by atoms with Crippen molar-refractivity contribution in [2.24, 2.45) is 0 Å². The quantitative estimate of drug-likeness (QED) is 0.883. The van der Waals surface area contributed by atoms with Gasteiger partial charge in [-0.15, -0.1) is 0 Å². The van der Waals surface area contributed by atoms with Gasteiger partial charge in [0.15, 0.2) is 0 Å². The van der Waals surface area contributed by atoms with Crippen LogP contribution in [0.5, 0.6) is 0 Å². The van der Waals surface area contributed by atoms with E-state index in [1.807, 2.05) is 13.0 Å². The lowest BCUT2D eigenvalue weighted by Crippen LogP contribution is -2.16. The Morgan fingerprint density at radius 3 is 2.80 bits per heavy atom. The normalized spacial score (nSPS) is 12.2. The molecule has 0 aliphatic heterocycles. The number of anilines is 1. The van der Waals surface area contributed by atoms with Crippen LogP contribution in [0.1, 0.15) is 30.6 Å². The number of rotatable bonds is 4. The van der Waals surface area contributed by atoms with Crippen molar-refractivity contribution in [1.29, 1.82) is 0 Å². The molecule has 82 valence electrons. The molecule has 0 aliphatic carbocycles. The van der Waals surface area contributed by atoms with Gasteiger partial charge < -0.3 is 10.4 Å². The second-order valence-electron chi connectivity index (χ2n) is 3.42. The van der Waals surface area contributed by atoms with E-state index in [0.717, 1.165) is 6.42 Å². The monoisotopic (exact) mass is 271 g/mol. The van der Waals surface area contributed by atoms with Crippen LogP contribution in [0.25, 0.3) is 0 Å². The highest BCUT2D eigenvalue weighted by Gasteiger charge is 2.14. The summed E-state index contributed by atoms with van der Waals surface area (Å²) in [5.74, 6) is -0.923. The lowest BCUT2D eigenvalue weighted by molar-refractivity contribution is 0.0697. The molecule has 0 heterocycles. The number of hydrogen-bond acceptors (Lipinski definition) is 2. The molecule has 0 saturated carbocycles. The Morgan fingerprint density at radius 2 is 2.27 bits per heavy atom. The maximum atomic E-state index is 11.0. The second kappa shape index (κ2) is 5.16.